The normalized spacial score (nSPS) is 15.2. The molecule has 1 unspecified atom stereocenters. The Morgan fingerprint density at radius 2 is 1.88 bits per heavy atom. The van der Waals surface area contributed by atoms with Crippen LogP contribution in [0.15, 0.2) is 29.3 Å². The maximum atomic E-state index is 5.73. The molecule has 0 aromatic heterocycles. The lowest BCUT2D eigenvalue weighted by molar-refractivity contribution is 0.253. The van der Waals surface area contributed by atoms with E-state index in [4.69, 9.17) is 14.5 Å². The van der Waals surface area contributed by atoms with Crippen LogP contribution in [-0.4, -0.2) is 63.3 Å². The second kappa shape index (κ2) is 12.2. The number of rotatable bonds is 10. The molecule has 1 fully saturated rings. The summed E-state index contributed by atoms with van der Waals surface area (Å²) in [4.78, 5) is 7.12. The summed E-state index contributed by atoms with van der Waals surface area (Å²) in [6.07, 6.45) is 2.65. The summed E-state index contributed by atoms with van der Waals surface area (Å²) in [5.41, 5.74) is 0. The van der Waals surface area contributed by atoms with Crippen LogP contribution in [0, 0.1) is 0 Å². The second-order valence-electron chi connectivity index (χ2n) is 6.42. The van der Waals surface area contributed by atoms with Crippen molar-refractivity contribution in [3.05, 3.63) is 24.3 Å². The van der Waals surface area contributed by atoms with Crippen LogP contribution in [0.4, 0.5) is 0 Å². The quantitative estimate of drug-likeness (QED) is 0.236. The van der Waals surface area contributed by atoms with Crippen LogP contribution >= 0.6 is 24.0 Å². The number of ether oxygens (including phenoxy) is 2. The van der Waals surface area contributed by atoms with E-state index < -0.39 is 0 Å². The highest BCUT2D eigenvalue weighted by atomic mass is 127. The molecule has 0 bridgehead atoms. The van der Waals surface area contributed by atoms with E-state index in [1.54, 1.807) is 7.11 Å². The molecular formula is C19H33IN4O2. The third-order valence-electron chi connectivity index (χ3n) is 4.40. The minimum Gasteiger partial charge on any atom is -0.497 e. The number of guanidine groups is 1. The van der Waals surface area contributed by atoms with E-state index in [2.05, 4.69) is 36.4 Å². The molecule has 1 aromatic carbocycles. The summed E-state index contributed by atoms with van der Waals surface area (Å²) >= 11 is 0. The maximum Gasteiger partial charge on any atom is 0.191 e. The van der Waals surface area contributed by atoms with Gasteiger partial charge in [0.25, 0.3) is 0 Å². The molecule has 2 N–H and O–H groups in total. The van der Waals surface area contributed by atoms with Gasteiger partial charge in [-0.1, -0.05) is 0 Å². The van der Waals surface area contributed by atoms with Gasteiger partial charge in [-0.05, 0) is 58.0 Å². The van der Waals surface area contributed by atoms with Crippen molar-refractivity contribution in [1.29, 1.82) is 0 Å². The van der Waals surface area contributed by atoms with Gasteiger partial charge in [0.1, 0.15) is 18.1 Å². The van der Waals surface area contributed by atoms with Crippen molar-refractivity contribution in [2.75, 3.05) is 40.4 Å². The summed E-state index contributed by atoms with van der Waals surface area (Å²) < 4.78 is 10.9. The van der Waals surface area contributed by atoms with E-state index in [0.717, 1.165) is 36.6 Å². The van der Waals surface area contributed by atoms with E-state index in [0.29, 0.717) is 19.2 Å². The number of nitrogens with one attached hydrogen (secondary N) is 2. The van der Waals surface area contributed by atoms with Crippen molar-refractivity contribution in [2.45, 2.75) is 38.8 Å². The van der Waals surface area contributed by atoms with E-state index >= 15 is 0 Å². The zero-order valence-electron chi connectivity index (χ0n) is 16.3. The third kappa shape index (κ3) is 7.99. The van der Waals surface area contributed by atoms with Crippen LogP contribution in [0.3, 0.4) is 0 Å². The largest absolute Gasteiger partial charge is 0.497 e. The molecule has 148 valence electrons. The molecule has 0 heterocycles. The fraction of sp³-hybridized carbons (Fsp3) is 0.632. The average molecular weight is 476 g/mol. The average Bonchev–Trinajstić information content (AvgIpc) is 3.47. The van der Waals surface area contributed by atoms with Gasteiger partial charge < -0.3 is 20.1 Å². The molecule has 1 aliphatic rings. The van der Waals surface area contributed by atoms with Gasteiger partial charge in [0, 0.05) is 18.6 Å². The number of nitrogens with zero attached hydrogens (tertiary/aromatic N) is 2. The summed E-state index contributed by atoms with van der Waals surface area (Å²) in [6.45, 7) is 7.22. The number of aliphatic imine (C=N–C) groups is 1. The molecule has 0 spiro atoms. The van der Waals surface area contributed by atoms with Gasteiger partial charge >= 0.3 is 0 Å². The lowest BCUT2D eigenvalue weighted by Crippen LogP contribution is -2.41. The molecule has 1 saturated carbocycles. The van der Waals surface area contributed by atoms with E-state index in [1.807, 2.05) is 24.3 Å². The van der Waals surface area contributed by atoms with Crippen LogP contribution in [0.1, 0.15) is 26.7 Å². The Labute approximate surface area is 174 Å². The summed E-state index contributed by atoms with van der Waals surface area (Å²) in [5, 5.41) is 6.61. The highest BCUT2D eigenvalue weighted by molar-refractivity contribution is 14.0. The Morgan fingerprint density at radius 3 is 2.46 bits per heavy atom. The first kappa shape index (κ1) is 22.8. The molecular weight excluding hydrogens is 443 g/mol. The fourth-order valence-corrected chi connectivity index (χ4v) is 2.55. The first-order valence-electron chi connectivity index (χ1n) is 9.15. The minimum absolute atomic E-state index is 0. The predicted octanol–water partition coefficient (Wildman–Crippen LogP) is 2.73. The van der Waals surface area contributed by atoms with Gasteiger partial charge in [-0.15, -0.1) is 24.0 Å². The van der Waals surface area contributed by atoms with Crippen molar-refractivity contribution in [1.82, 2.24) is 15.5 Å². The lowest BCUT2D eigenvalue weighted by Gasteiger charge is -2.23. The molecule has 0 aliphatic heterocycles. The number of halogens is 1. The molecule has 0 saturated heterocycles. The van der Waals surface area contributed by atoms with Crippen LogP contribution in [0.2, 0.25) is 0 Å². The lowest BCUT2D eigenvalue weighted by atomic mass is 10.3. The Morgan fingerprint density at radius 1 is 1.23 bits per heavy atom. The van der Waals surface area contributed by atoms with E-state index in [-0.39, 0.29) is 24.0 Å². The number of likely N-dealkylation sites (N-methyl/N-ethyl adjacent to an activating group) is 1. The third-order valence-corrected chi connectivity index (χ3v) is 4.40. The van der Waals surface area contributed by atoms with Crippen LogP contribution < -0.4 is 20.1 Å². The maximum absolute atomic E-state index is 5.73. The van der Waals surface area contributed by atoms with Crippen LogP contribution in [-0.2, 0) is 0 Å². The van der Waals surface area contributed by atoms with Crippen LogP contribution in [0.25, 0.3) is 0 Å². The molecule has 26 heavy (non-hydrogen) atoms. The van der Waals surface area contributed by atoms with Crippen molar-refractivity contribution in [3.63, 3.8) is 0 Å². The zero-order chi connectivity index (χ0) is 18.1. The van der Waals surface area contributed by atoms with Crippen molar-refractivity contribution in [2.24, 2.45) is 4.99 Å². The van der Waals surface area contributed by atoms with Gasteiger partial charge in [0.15, 0.2) is 5.96 Å². The van der Waals surface area contributed by atoms with Gasteiger partial charge in [0.2, 0.25) is 0 Å². The standard InChI is InChI=1S/C19H32N4O2.HI/c1-5-20-19(22-14-15(2)23(3)16-6-7-16)21-12-13-25-18-10-8-17(24-4)9-11-18;/h8-11,15-16H,5-7,12-14H2,1-4H3,(H2,20,21,22);1H. The monoisotopic (exact) mass is 476 g/mol. The van der Waals surface area contributed by atoms with E-state index in [1.165, 1.54) is 12.8 Å². The Kier molecular flexibility index (Phi) is 10.7. The van der Waals surface area contributed by atoms with Crippen molar-refractivity contribution >= 4 is 29.9 Å². The summed E-state index contributed by atoms with van der Waals surface area (Å²) in [5.74, 6) is 2.51. The molecule has 1 aliphatic carbocycles. The Balaban J connectivity index is 0.00000338. The van der Waals surface area contributed by atoms with Gasteiger partial charge in [-0.2, -0.15) is 0 Å². The molecule has 1 atom stereocenters. The fourth-order valence-electron chi connectivity index (χ4n) is 2.55. The van der Waals surface area contributed by atoms with Gasteiger partial charge in [-0.25, -0.2) is 0 Å². The number of benzene rings is 1. The molecule has 0 amide bonds. The molecule has 6 nitrogen and oxygen atoms in total. The topological polar surface area (TPSA) is 58.1 Å². The summed E-state index contributed by atoms with van der Waals surface area (Å²) in [7, 11) is 3.85. The number of methoxy groups -OCH3 is 1. The summed E-state index contributed by atoms with van der Waals surface area (Å²) in [6, 6.07) is 8.83. The molecule has 7 heteroatoms. The van der Waals surface area contributed by atoms with Crippen molar-refractivity contribution in [3.8, 4) is 11.5 Å². The zero-order valence-corrected chi connectivity index (χ0v) is 18.7. The molecule has 1 aromatic rings. The highest BCUT2D eigenvalue weighted by Gasteiger charge is 2.28. The van der Waals surface area contributed by atoms with Gasteiger partial charge in [-0.3, -0.25) is 9.89 Å². The first-order valence-corrected chi connectivity index (χ1v) is 9.15. The SMILES string of the molecule is CCNC(=NCC(C)N(C)C1CC1)NCCOc1ccc(OC)cc1.I. The van der Waals surface area contributed by atoms with Gasteiger partial charge in [0.05, 0.1) is 20.2 Å². The van der Waals surface area contributed by atoms with Crippen molar-refractivity contribution < 1.29 is 9.47 Å². The Bertz CT molecular complexity index is 535. The highest BCUT2D eigenvalue weighted by Crippen LogP contribution is 2.26. The molecule has 2 rings (SSSR count). The predicted molar refractivity (Wildman–Crippen MR) is 118 cm³/mol. The molecule has 0 radical (unpaired) electrons. The van der Waals surface area contributed by atoms with Crippen LogP contribution in [0.5, 0.6) is 11.5 Å². The minimum atomic E-state index is 0. The number of hydrogen-bond acceptors (Lipinski definition) is 4. The Hall–Kier alpha value is -1.22. The smallest absolute Gasteiger partial charge is 0.191 e. The second-order valence-corrected chi connectivity index (χ2v) is 6.42. The van der Waals surface area contributed by atoms with E-state index in [9.17, 15) is 0 Å². The number of hydrogen-bond donors (Lipinski definition) is 2. The first-order chi connectivity index (χ1) is 12.1.